The van der Waals surface area contributed by atoms with Crippen LogP contribution in [-0.2, 0) is 29.5 Å². The number of nitrogens with zero attached hydrogens (tertiary/aromatic N) is 2. The molecule has 204 valence electrons. The molecule has 1 atom stereocenters. The number of anilines is 1. The smallest absolute Gasteiger partial charge is 0.274 e. The molecular formula is C25H26N6O6S2. The van der Waals surface area contributed by atoms with Crippen molar-refractivity contribution in [3.05, 3.63) is 78.0 Å². The van der Waals surface area contributed by atoms with Crippen molar-refractivity contribution in [3.63, 3.8) is 0 Å². The Bertz CT molecular complexity index is 1690. The lowest BCUT2D eigenvalue weighted by atomic mass is 9.94. The lowest BCUT2D eigenvalue weighted by molar-refractivity contribution is -0.135. The van der Waals surface area contributed by atoms with Gasteiger partial charge >= 0.3 is 0 Å². The molecule has 39 heavy (non-hydrogen) atoms. The Balaban J connectivity index is 1.61. The molecule has 1 unspecified atom stereocenters. The summed E-state index contributed by atoms with van der Waals surface area (Å²) in [7, 11) is -7.68. The molecule has 0 bridgehead atoms. The van der Waals surface area contributed by atoms with E-state index in [1.807, 2.05) is 0 Å². The highest BCUT2D eigenvalue weighted by atomic mass is 32.2. The Morgan fingerprint density at radius 1 is 1.08 bits per heavy atom. The molecule has 6 N–H and O–H groups in total. The molecule has 1 aliphatic heterocycles. The number of rotatable bonds is 9. The van der Waals surface area contributed by atoms with Gasteiger partial charge in [-0.25, -0.2) is 27.0 Å². The van der Waals surface area contributed by atoms with Crippen LogP contribution in [0.15, 0.2) is 76.9 Å². The fraction of sp³-hybridized carbons (Fsp3) is 0.200. The van der Waals surface area contributed by atoms with Gasteiger partial charge in [0.05, 0.1) is 10.6 Å². The van der Waals surface area contributed by atoms with Crippen molar-refractivity contribution in [1.82, 2.24) is 4.98 Å². The van der Waals surface area contributed by atoms with E-state index >= 15 is 0 Å². The highest BCUT2D eigenvalue weighted by molar-refractivity contribution is 7.91. The quantitative estimate of drug-likeness (QED) is 0.219. The number of carbonyl (C=O) groups is 1. The number of oxime groups is 1. The summed E-state index contributed by atoms with van der Waals surface area (Å²) in [5, 5.41) is 19.6. The van der Waals surface area contributed by atoms with Crippen molar-refractivity contribution in [1.29, 1.82) is 5.41 Å². The predicted octanol–water partition coefficient (Wildman–Crippen LogP) is 1.62. The first-order valence-corrected chi connectivity index (χ1v) is 15.0. The summed E-state index contributed by atoms with van der Waals surface area (Å²) in [6.07, 6.45) is 1.21. The van der Waals surface area contributed by atoms with Gasteiger partial charge in [-0.2, -0.15) is 0 Å². The van der Waals surface area contributed by atoms with Crippen LogP contribution in [0.2, 0.25) is 0 Å². The van der Waals surface area contributed by atoms with Gasteiger partial charge in [0.2, 0.25) is 15.6 Å². The molecule has 1 aromatic heterocycles. The summed E-state index contributed by atoms with van der Waals surface area (Å²) in [6.45, 7) is 1.47. The summed E-state index contributed by atoms with van der Waals surface area (Å²) >= 11 is 0. The second-order valence-electron chi connectivity index (χ2n) is 8.90. The summed E-state index contributed by atoms with van der Waals surface area (Å²) in [5.41, 5.74) is 5.77. The highest BCUT2D eigenvalue weighted by Crippen LogP contribution is 2.31. The maximum atomic E-state index is 13.5. The minimum atomic E-state index is -3.99. The minimum absolute atomic E-state index is 0.0785. The van der Waals surface area contributed by atoms with Gasteiger partial charge in [0, 0.05) is 40.6 Å². The number of hydrogen-bond donors (Lipinski definition) is 4. The number of carbonyl (C=O) groups excluding carboxylic acids is 1. The molecule has 3 aromatic rings. The van der Waals surface area contributed by atoms with Gasteiger partial charge < -0.3 is 15.9 Å². The topological polar surface area (TPSA) is 208 Å². The largest absolute Gasteiger partial charge is 0.384 e. The molecule has 4 rings (SSSR count). The molecule has 0 spiro atoms. The van der Waals surface area contributed by atoms with Gasteiger partial charge in [0.15, 0.2) is 9.84 Å². The lowest BCUT2D eigenvalue weighted by Crippen LogP contribution is -2.49. The number of sulfonamides is 1. The molecule has 1 amide bonds. The van der Waals surface area contributed by atoms with E-state index in [0.717, 1.165) is 0 Å². The number of amidine groups is 1. The van der Waals surface area contributed by atoms with Crippen LogP contribution in [0.3, 0.4) is 0 Å². The number of nitrogens with two attached hydrogens (primary N) is 2. The van der Waals surface area contributed by atoms with Gasteiger partial charge in [-0.1, -0.05) is 48.5 Å². The maximum Gasteiger partial charge on any atom is 0.274 e. The van der Waals surface area contributed by atoms with Gasteiger partial charge in [-0.15, -0.1) is 0 Å². The predicted molar refractivity (Wildman–Crippen MR) is 146 cm³/mol. The summed E-state index contributed by atoms with van der Waals surface area (Å²) < 4.78 is 49.1. The van der Waals surface area contributed by atoms with Gasteiger partial charge in [0.25, 0.3) is 5.91 Å². The van der Waals surface area contributed by atoms with Crippen LogP contribution in [0.5, 0.6) is 0 Å². The average molecular weight is 571 g/mol. The standard InChI is InChI=1S/C25H26N6O6S2/c1-2-38(33,34)15-25(13-20(31-37-25)16-6-5-7-17(12-16)23(26)27)24(32)30-22-11-10-18(14-29-22)19-8-3-4-9-21(19)39(28,35)36/h3-12,14H,2,13,15H2,1H3,(H3,26,27)(H2,28,35,36)(H,29,30,32). The second kappa shape index (κ2) is 10.6. The molecule has 0 aliphatic carbocycles. The molecule has 0 saturated heterocycles. The van der Waals surface area contributed by atoms with E-state index in [1.165, 1.54) is 25.3 Å². The normalized spacial score (nSPS) is 17.2. The number of aromatic nitrogens is 1. The lowest BCUT2D eigenvalue weighted by Gasteiger charge is -2.25. The van der Waals surface area contributed by atoms with E-state index in [-0.39, 0.29) is 28.7 Å². The van der Waals surface area contributed by atoms with Gasteiger partial charge in [-0.3, -0.25) is 10.2 Å². The van der Waals surface area contributed by atoms with Crippen molar-refractivity contribution < 1.29 is 26.5 Å². The van der Waals surface area contributed by atoms with E-state index in [0.29, 0.717) is 28.0 Å². The molecule has 1 aliphatic rings. The van der Waals surface area contributed by atoms with Crippen LogP contribution in [0, 0.1) is 5.41 Å². The summed E-state index contributed by atoms with van der Waals surface area (Å²) in [5.74, 6) is -1.68. The SMILES string of the molecule is CCS(=O)(=O)CC1(C(=O)Nc2ccc(-c3ccccc3S(N)(=O)=O)cn2)CC(c2cccc(C(=N)N)c2)=NO1. The molecule has 14 heteroatoms. The fourth-order valence-electron chi connectivity index (χ4n) is 4.03. The number of pyridine rings is 1. The zero-order valence-electron chi connectivity index (χ0n) is 20.8. The molecule has 12 nitrogen and oxygen atoms in total. The van der Waals surface area contributed by atoms with Gasteiger partial charge in [0.1, 0.15) is 17.4 Å². The summed E-state index contributed by atoms with van der Waals surface area (Å²) in [4.78, 5) is 23.1. The zero-order chi connectivity index (χ0) is 28.4. The van der Waals surface area contributed by atoms with E-state index in [2.05, 4.69) is 15.5 Å². The Kier molecular flexibility index (Phi) is 7.54. The van der Waals surface area contributed by atoms with E-state index in [4.69, 9.17) is 21.1 Å². The molecule has 0 radical (unpaired) electrons. The third kappa shape index (κ3) is 6.13. The first-order valence-electron chi connectivity index (χ1n) is 11.6. The Morgan fingerprint density at radius 2 is 1.82 bits per heavy atom. The fourth-order valence-corrected chi connectivity index (χ4v) is 5.99. The van der Waals surface area contributed by atoms with Crippen LogP contribution in [0.4, 0.5) is 5.82 Å². The van der Waals surface area contributed by atoms with Gasteiger partial charge in [-0.05, 0) is 24.3 Å². The van der Waals surface area contributed by atoms with Crippen LogP contribution in [0.25, 0.3) is 11.1 Å². The van der Waals surface area contributed by atoms with Crippen molar-refractivity contribution in [2.24, 2.45) is 16.0 Å². The number of hydrogen-bond acceptors (Lipinski definition) is 9. The first-order chi connectivity index (χ1) is 18.3. The third-order valence-electron chi connectivity index (χ3n) is 6.11. The maximum absolute atomic E-state index is 13.5. The number of nitrogen functional groups attached to an aromatic ring is 1. The Labute approximate surface area is 225 Å². The van der Waals surface area contributed by atoms with E-state index < -0.39 is 37.1 Å². The van der Waals surface area contributed by atoms with Crippen LogP contribution in [0.1, 0.15) is 24.5 Å². The molecule has 2 aromatic carbocycles. The second-order valence-corrected chi connectivity index (χ2v) is 12.8. The Morgan fingerprint density at radius 3 is 2.46 bits per heavy atom. The third-order valence-corrected chi connectivity index (χ3v) is 8.86. The number of nitrogens with one attached hydrogen (secondary N) is 2. The number of primary sulfonamides is 1. The molecule has 0 fully saturated rings. The molecular weight excluding hydrogens is 544 g/mol. The number of benzene rings is 2. The monoisotopic (exact) mass is 570 g/mol. The molecule has 0 saturated carbocycles. The van der Waals surface area contributed by atoms with Crippen LogP contribution < -0.4 is 16.2 Å². The first kappa shape index (κ1) is 27.9. The number of sulfone groups is 1. The van der Waals surface area contributed by atoms with E-state index in [1.54, 1.807) is 48.5 Å². The molecule has 2 heterocycles. The van der Waals surface area contributed by atoms with Crippen LogP contribution >= 0.6 is 0 Å². The average Bonchev–Trinajstić information content (AvgIpc) is 3.33. The highest BCUT2D eigenvalue weighted by Gasteiger charge is 2.50. The van der Waals surface area contributed by atoms with Crippen molar-refractivity contribution in [2.75, 3.05) is 16.8 Å². The van der Waals surface area contributed by atoms with Crippen molar-refractivity contribution in [2.45, 2.75) is 23.8 Å². The number of amides is 1. The summed E-state index contributed by atoms with van der Waals surface area (Å²) in [6, 6.07) is 15.7. The van der Waals surface area contributed by atoms with Crippen molar-refractivity contribution >= 4 is 43.1 Å². The minimum Gasteiger partial charge on any atom is -0.384 e. The van der Waals surface area contributed by atoms with E-state index in [9.17, 15) is 21.6 Å². The van der Waals surface area contributed by atoms with Crippen LogP contribution in [-0.4, -0.2) is 56.4 Å². The van der Waals surface area contributed by atoms with Crippen molar-refractivity contribution in [3.8, 4) is 11.1 Å². The Hall–Kier alpha value is -4.14. The zero-order valence-corrected chi connectivity index (χ0v) is 22.4.